The van der Waals surface area contributed by atoms with Gasteiger partial charge in [-0.05, 0) is 123 Å². The molecular formula is C34H38O8S2. The van der Waals surface area contributed by atoms with E-state index in [1.165, 1.54) is 0 Å². The maximum atomic E-state index is 13.5. The summed E-state index contributed by atoms with van der Waals surface area (Å²) >= 11 is 0. The van der Waals surface area contributed by atoms with Gasteiger partial charge in [0, 0.05) is 0 Å². The monoisotopic (exact) mass is 638 g/mol. The maximum absolute atomic E-state index is 13.5. The molecule has 6 saturated carbocycles. The molecule has 2 saturated heterocycles. The highest BCUT2D eigenvalue weighted by atomic mass is 32.2. The number of benzene rings is 2. The maximum Gasteiger partial charge on any atom is 0.297 e. The number of ether oxygens (including phenoxy) is 2. The van der Waals surface area contributed by atoms with Gasteiger partial charge in [-0.3, -0.25) is 8.37 Å². The lowest BCUT2D eigenvalue weighted by Crippen LogP contribution is -2.49. The molecule has 10 heteroatoms. The van der Waals surface area contributed by atoms with Gasteiger partial charge in [-0.15, -0.1) is 0 Å². The van der Waals surface area contributed by atoms with E-state index < -0.39 is 31.4 Å². The van der Waals surface area contributed by atoms with E-state index in [2.05, 4.69) is 0 Å². The average molecular weight is 639 g/mol. The molecule has 0 N–H and O–H groups in total. The quantitative estimate of drug-likeness (QED) is 0.390. The minimum Gasteiger partial charge on any atom is -0.368 e. The van der Waals surface area contributed by atoms with Crippen LogP contribution in [0.25, 0.3) is 0 Å². The Labute approximate surface area is 259 Å². The molecule has 0 unspecified atom stereocenters. The van der Waals surface area contributed by atoms with Crippen LogP contribution in [0.5, 0.6) is 0 Å². The Morgan fingerprint density at radius 2 is 0.977 bits per heavy atom. The normalized spacial score (nSPS) is 48.1. The molecule has 2 heterocycles. The van der Waals surface area contributed by atoms with E-state index >= 15 is 0 Å². The summed E-state index contributed by atoms with van der Waals surface area (Å²) in [6.45, 7) is 3.99. The van der Waals surface area contributed by atoms with Crippen molar-refractivity contribution in [3.63, 3.8) is 0 Å². The van der Waals surface area contributed by atoms with Crippen molar-refractivity contribution in [2.45, 2.75) is 72.7 Å². The molecule has 2 aromatic carbocycles. The van der Waals surface area contributed by atoms with Crippen molar-refractivity contribution < 1.29 is 34.7 Å². The molecule has 10 rings (SSSR count). The van der Waals surface area contributed by atoms with Crippen LogP contribution in [0.3, 0.4) is 0 Å². The molecule has 44 heavy (non-hydrogen) atoms. The smallest absolute Gasteiger partial charge is 0.297 e. The lowest BCUT2D eigenvalue weighted by atomic mass is 9.72. The van der Waals surface area contributed by atoms with Crippen molar-refractivity contribution in [1.29, 1.82) is 0 Å². The largest absolute Gasteiger partial charge is 0.368 e. The summed E-state index contributed by atoms with van der Waals surface area (Å²) in [5, 5.41) is 0. The summed E-state index contributed by atoms with van der Waals surface area (Å²) in [6, 6.07) is 13.7. The van der Waals surface area contributed by atoms with E-state index in [-0.39, 0.29) is 58.9 Å². The van der Waals surface area contributed by atoms with Gasteiger partial charge >= 0.3 is 0 Å². The Balaban J connectivity index is 1.03. The summed E-state index contributed by atoms with van der Waals surface area (Å²) < 4.78 is 80.2. The zero-order chi connectivity index (χ0) is 30.0. The Bertz CT molecular complexity index is 1640. The van der Waals surface area contributed by atoms with Gasteiger partial charge in [-0.2, -0.15) is 16.8 Å². The Hall–Kier alpha value is -1.82. The SMILES string of the molecule is Cc1ccc(S(=O)(=O)OC[C@]23O[C@@H]4CC[C@@H]5[C@@H]4[C@@H]2[C@@H]2[C@H]4[C@@H]6[C@@H]7[C@@H](CC[C@@H]7O[C@]6(COS(=O)(=O)c6ccc(C)cc6)[C@@H]52)[C@@H]43)cc1. The molecule has 0 bridgehead atoms. The number of fused-ring (bicyclic) bond motifs is 4. The van der Waals surface area contributed by atoms with Gasteiger partial charge in [-0.25, -0.2) is 0 Å². The summed E-state index contributed by atoms with van der Waals surface area (Å²) in [7, 11) is -7.90. The van der Waals surface area contributed by atoms with Crippen molar-refractivity contribution >= 4 is 20.2 Å². The van der Waals surface area contributed by atoms with Crippen LogP contribution in [0.4, 0.5) is 0 Å². The molecule has 234 valence electrons. The van der Waals surface area contributed by atoms with Crippen LogP contribution in [-0.2, 0) is 38.1 Å². The van der Waals surface area contributed by atoms with Gasteiger partial charge in [0.05, 0.1) is 35.2 Å². The summed E-state index contributed by atoms with van der Waals surface area (Å²) in [5.74, 6) is 2.80. The topological polar surface area (TPSA) is 105 Å². The molecule has 14 atom stereocenters. The van der Waals surface area contributed by atoms with E-state index in [1.807, 2.05) is 13.8 Å². The molecule has 8 nitrogen and oxygen atoms in total. The van der Waals surface area contributed by atoms with Crippen molar-refractivity contribution in [2.24, 2.45) is 59.2 Å². The number of rotatable bonds is 8. The first-order valence-corrected chi connectivity index (χ1v) is 19.2. The third kappa shape index (κ3) is 3.14. The van der Waals surface area contributed by atoms with Crippen molar-refractivity contribution in [3.05, 3.63) is 59.7 Å². The van der Waals surface area contributed by atoms with Crippen LogP contribution in [0.2, 0.25) is 0 Å². The molecule has 0 aromatic heterocycles. The molecule has 2 aromatic rings. The van der Waals surface area contributed by atoms with E-state index in [1.54, 1.807) is 48.5 Å². The fraction of sp³-hybridized carbons (Fsp3) is 0.647. The first kappa shape index (κ1) is 27.3. The summed E-state index contributed by atoms with van der Waals surface area (Å²) in [6.07, 6.45) is 4.13. The average Bonchev–Trinajstić information content (AvgIpc) is 3.82. The first-order chi connectivity index (χ1) is 21.1. The summed E-state index contributed by atoms with van der Waals surface area (Å²) in [4.78, 5) is 0.364. The fourth-order valence-corrected chi connectivity index (χ4v) is 14.9. The van der Waals surface area contributed by atoms with E-state index in [0.29, 0.717) is 35.5 Å². The van der Waals surface area contributed by atoms with Gasteiger partial charge in [0.1, 0.15) is 11.2 Å². The molecule has 0 spiro atoms. The molecular weight excluding hydrogens is 601 g/mol. The Kier molecular flexibility index (Phi) is 5.31. The van der Waals surface area contributed by atoms with Crippen LogP contribution < -0.4 is 0 Å². The van der Waals surface area contributed by atoms with Crippen molar-refractivity contribution in [1.82, 2.24) is 0 Å². The van der Waals surface area contributed by atoms with Crippen LogP contribution in [0.1, 0.15) is 36.8 Å². The molecule has 2 aliphatic heterocycles. The number of hydrogen-bond acceptors (Lipinski definition) is 8. The van der Waals surface area contributed by atoms with Gasteiger partial charge < -0.3 is 9.47 Å². The van der Waals surface area contributed by atoms with E-state index in [4.69, 9.17) is 17.8 Å². The van der Waals surface area contributed by atoms with E-state index in [9.17, 15) is 16.8 Å². The van der Waals surface area contributed by atoms with Gasteiger partial charge in [0.2, 0.25) is 0 Å². The van der Waals surface area contributed by atoms with Crippen LogP contribution in [-0.4, -0.2) is 53.5 Å². The van der Waals surface area contributed by atoms with Crippen molar-refractivity contribution in [2.75, 3.05) is 13.2 Å². The standard InChI is InChI=1S/C34H38O8S2/c1-17-3-7-19(8-4-17)43(35,36)39-15-33-29-21-11-14-24-26(21)32-27(29)28-30(22-12-13-23(41-33)25(22)31(28)33)34(32,42-24)16-40-44(37,38)20-9-5-18(2)6-10-20/h3-10,21-32H,11-16H2,1-2H3/t21-,22-,23-,24+,25+,26-,27-,28-,29+,30+,31-,32+,33-,34-/m1/s1. The van der Waals surface area contributed by atoms with Gasteiger partial charge in [0.15, 0.2) is 0 Å². The first-order valence-electron chi connectivity index (χ1n) is 16.3. The van der Waals surface area contributed by atoms with Crippen molar-refractivity contribution in [3.8, 4) is 0 Å². The zero-order valence-electron chi connectivity index (χ0n) is 24.9. The second-order valence-corrected chi connectivity index (χ2v) is 18.4. The second kappa shape index (κ2) is 8.55. The van der Waals surface area contributed by atoms with Gasteiger partial charge in [-0.1, -0.05) is 35.4 Å². The number of aryl methyl sites for hydroxylation is 2. The molecule has 0 amide bonds. The highest BCUT2D eigenvalue weighted by Gasteiger charge is 2.90. The predicted octanol–water partition coefficient (Wildman–Crippen LogP) is 4.49. The highest BCUT2D eigenvalue weighted by molar-refractivity contribution is 7.87. The van der Waals surface area contributed by atoms with Gasteiger partial charge in [0.25, 0.3) is 20.2 Å². The fourth-order valence-electron chi connectivity index (χ4n) is 13.0. The Morgan fingerprint density at radius 3 is 1.36 bits per heavy atom. The highest BCUT2D eigenvalue weighted by Crippen LogP contribution is 2.86. The van der Waals surface area contributed by atoms with Crippen LogP contribution in [0, 0.1) is 73.0 Å². The van der Waals surface area contributed by atoms with Crippen LogP contribution in [0.15, 0.2) is 58.3 Å². The molecule has 6 aliphatic carbocycles. The Morgan fingerprint density at radius 1 is 0.591 bits per heavy atom. The number of hydrogen-bond donors (Lipinski definition) is 0. The summed E-state index contributed by atoms with van der Waals surface area (Å²) in [5.41, 5.74) is 0.744. The lowest BCUT2D eigenvalue weighted by molar-refractivity contribution is -0.141. The molecule has 0 radical (unpaired) electrons. The molecule has 8 fully saturated rings. The van der Waals surface area contributed by atoms with Crippen LogP contribution >= 0.6 is 0 Å². The van der Waals surface area contributed by atoms with E-state index in [0.717, 1.165) is 36.8 Å². The second-order valence-electron chi connectivity index (χ2n) is 15.2. The third-order valence-electron chi connectivity index (χ3n) is 13.8. The predicted molar refractivity (Wildman–Crippen MR) is 157 cm³/mol. The lowest BCUT2D eigenvalue weighted by Gasteiger charge is -2.39. The minimum absolute atomic E-state index is 0.0603. The minimum atomic E-state index is -3.95. The zero-order valence-corrected chi connectivity index (χ0v) is 26.5. The molecule has 8 aliphatic rings. The third-order valence-corrected chi connectivity index (χ3v) is 16.3.